The fourth-order valence-electron chi connectivity index (χ4n) is 11.0. The number of hydrogen-bond donors (Lipinski definition) is 4. The van der Waals surface area contributed by atoms with E-state index in [-0.39, 0.29) is 72.0 Å². The van der Waals surface area contributed by atoms with Gasteiger partial charge in [0, 0.05) is 38.6 Å². The van der Waals surface area contributed by atoms with E-state index in [1.807, 2.05) is 45.9 Å². The number of fused-ring (bicyclic) bond motifs is 3. The molecule has 4 heterocycles. The summed E-state index contributed by atoms with van der Waals surface area (Å²) < 4.78 is 59.0. The summed E-state index contributed by atoms with van der Waals surface area (Å²) in [5.74, 6) is -7.11. The number of ether oxygens (including phenoxy) is 4. The highest BCUT2D eigenvalue weighted by atomic mass is 32.2. The van der Waals surface area contributed by atoms with Crippen LogP contribution in [0.2, 0.25) is 0 Å². The SMILES string of the molecule is CO[C@@H]1C[C@@H](C[C@@H](C)[C@@H]2CC[C@H](C)/C=C(\C)[C@@H](O)[C@@H](OC)C(=O)[C@H](C)C[C@H](C)/C=C/C=C/C=C(\C)[C@@H](NS(=O)(=O)c3conc3C)C[C@@H]3CC[C@@H](C)[C@@](O)(O3)C(=O)C(=O)N3CCCC[C@H]3C(=O)O2)CC[C@H]1O. The molecule has 72 heavy (non-hydrogen) atoms. The molecule has 5 rings (SSSR count). The van der Waals surface area contributed by atoms with E-state index in [1.54, 1.807) is 46.1 Å². The van der Waals surface area contributed by atoms with Gasteiger partial charge in [0.05, 0.1) is 18.3 Å². The maximum atomic E-state index is 14.5. The molecule has 1 aliphatic carbocycles. The number of esters is 1. The van der Waals surface area contributed by atoms with Crippen molar-refractivity contribution in [1.29, 1.82) is 0 Å². The van der Waals surface area contributed by atoms with Crippen LogP contribution in [-0.4, -0.2) is 132 Å². The number of cyclic esters (lactones) is 1. The largest absolute Gasteiger partial charge is 0.461 e. The Morgan fingerprint density at radius 3 is 2.29 bits per heavy atom. The highest BCUT2D eigenvalue weighted by Gasteiger charge is 2.53. The molecule has 1 saturated carbocycles. The topological polar surface area (TPSA) is 241 Å². The Labute approximate surface area is 427 Å². The zero-order chi connectivity index (χ0) is 53.1. The van der Waals surface area contributed by atoms with Gasteiger partial charge < -0.3 is 43.7 Å². The Morgan fingerprint density at radius 1 is 0.875 bits per heavy atom. The van der Waals surface area contributed by atoms with Crippen LogP contribution in [0.3, 0.4) is 0 Å². The number of allylic oxidation sites excluding steroid dienone is 6. The molecule has 0 aromatic carbocycles. The van der Waals surface area contributed by atoms with Crippen LogP contribution in [0.5, 0.6) is 0 Å². The van der Waals surface area contributed by atoms with Gasteiger partial charge in [-0.3, -0.25) is 14.4 Å². The number of aryl methyl sites for hydroxylation is 1. The zero-order valence-electron chi connectivity index (χ0n) is 44.2. The van der Waals surface area contributed by atoms with E-state index < -0.39 is 87.9 Å². The molecule has 3 aliphatic heterocycles. The third-order valence-electron chi connectivity index (χ3n) is 15.6. The summed E-state index contributed by atoms with van der Waals surface area (Å²) in [6.45, 7) is 14.5. The molecule has 18 heteroatoms. The maximum absolute atomic E-state index is 14.5. The molecule has 404 valence electrons. The van der Waals surface area contributed by atoms with Gasteiger partial charge in [0.25, 0.3) is 11.7 Å². The fourth-order valence-corrected chi connectivity index (χ4v) is 12.4. The standard InChI is InChI=1S/C54H83N3O14S/c1-32-16-12-11-13-17-34(3)42(56-72(65,66)47-31-69-55-39(47)8)30-41-22-20-38(7)54(64,71-41)51(61)52(62)57-25-15-14-18-43(57)53(63)70-45(35(4)28-40-21-23-44(58)46(29-40)67-9)24-19-33(2)27-37(6)49(60)50(68-10)48(59)36(5)26-32/h11-13,16-17,27,31-33,35-36,38,40-46,49-50,56,58,60,64H,14-15,18-26,28-30H2,1-10H3/b13-11+,16-12+,34-17+,37-27+/t32-,33+,35-,36-,38-,40-,41+,42+,43+,44-,45+,46-,49-,50+,54-/m1/s1. The predicted molar refractivity (Wildman–Crippen MR) is 269 cm³/mol. The monoisotopic (exact) mass is 1030 g/mol. The number of rotatable bonds is 8. The van der Waals surface area contributed by atoms with Crippen molar-refractivity contribution in [2.75, 3.05) is 20.8 Å². The van der Waals surface area contributed by atoms with Crippen molar-refractivity contribution < 1.29 is 66.4 Å². The third-order valence-corrected chi connectivity index (χ3v) is 17.1. The smallest absolute Gasteiger partial charge is 0.329 e. The summed E-state index contributed by atoms with van der Waals surface area (Å²) in [6, 6.07) is -2.03. The van der Waals surface area contributed by atoms with E-state index in [9.17, 15) is 42.9 Å². The van der Waals surface area contributed by atoms with Crippen LogP contribution >= 0.6 is 0 Å². The predicted octanol–water partition coefficient (Wildman–Crippen LogP) is 6.63. The number of nitrogens with one attached hydrogen (secondary N) is 1. The van der Waals surface area contributed by atoms with Crippen LogP contribution in [-0.2, 0) is 48.1 Å². The van der Waals surface area contributed by atoms with Gasteiger partial charge in [0.1, 0.15) is 41.2 Å². The number of carbonyl (C=O) groups excluding carboxylic acids is 4. The molecule has 4 N–H and O–H groups in total. The lowest BCUT2D eigenvalue weighted by molar-refractivity contribution is -0.264. The van der Waals surface area contributed by atoms with Crippen LogP contribution in [0.1, 0.15) is 138 Å². The number of nitrogens with zero attached hydrogens (tertiary/aromatic N) is 2. The number of piperidine rings is 1. The lowest BCUT2D eigenvalue weighted by Crippen LogP contribution is -2.61. The molecule has 3 fully saturated rings. The van der Waals surface area contributed by atoms with Gasteiger partial charge in [-0.25, -0.2) is 17.9 Å². The van der Waals surface area contributed by atoms with E-state index in [1.165, 1.54) is 18.9 Å². The van der Waals surface area contributed by atoms with Crippen LogP contribution in [0, 0.1) is 42.4 Å². The Balaban J connectivity index is 1.50. The van der Waals surface area contributed by atoms with Crippen LogP contribution in [0.4, 0.5) is 0 Å². The van der Waals surface area contributed by atoms with Crippen molar-refractivity contribution in [2.24, 2.45) is 35.5 Å². The molecule has 15 atom stereocenters. The molecule has 0 spiro atoms. The van der Waals surface area contributed by atoms with Gasteiger partial charge in [-0.1, -0.05) is 81.8 Å². The van der Waals surface area contributed by atoms with Gasteiger partial charge in [0.2, 0.25) is 15.8 Å². The quantitative estimate of drug-likeness (QED) is 0.121. The first-order valence-electron chi connectivity index (χ1n) is 26.1. The average Bonchev–Trinajstić information content (AvgIpc) is 3.80. The first-order chi connectivity index (χ1) is 34.0. The van der Waals surface area contributed by atoms with Crippen LogP contribution in [0.25, 0.3) is 0 Å². The van der Waals surface area contributed by atoms with E-state index in [2.05, 4.69) is 9.88 Å². The Hall–Kier alpha value is -3.88. The second-order valence-electron chi connectivity index (χ2n) is 21.4. The van der Waals surface area contributed by atoms with Gasteiger partial charge in [0.15, 0.2) is 5.78 Å². The molecular weight excluding hydrogens is 947 g/mol. The number of aromatic nitrogens is 1. The fraction of sp³-hybridized carbons (Fsp3) is 0.722. The molecule has 17 nitrogen and oxygen atoms in total. The summed E-state index contributed by atoms with van der Waals surface area (Å²) in [7, 11) is -1.20. The second kappa shape index (κ2) is 26.6. The highest BCUT2D eigenvalue weighted by Crippen LogP contribution is 2.38. The number of methoxy groups -OCH3 is 2. The summed E-state index contributed by atoms with van der Waals surface area (Å²) in [6.07, 6.45) is 13.4. The van der Waals surface area contributed by atoms with E-state index in [0.717, 1.165) is 12.7 Å². The minimum absolute atomic E-state index is 0.0222. The minimum atomic E-state index is -4.20. The van der Waals surface area contributed by atoms with Crippen molar-refractivity contribution in [3.05, 3.63) is 59.6 Å². The van der Waals surface area contributed by atoms with Crippen LogP contribution in [0.15, 0.2) is 63.3 Å². The maximum Gasteiger partial charge on any atom is 0.329 e. The number of amides is 1. The van der Waals surface area contributed by atoms with Gasteiger partial charge in [-0.15, -0.1) is 0 Å². The van der Waals surface area contributed by atoms with Gasteiger partial charge >= 0.3 is 5.97 Å². The first-order valence-corrected chi connectivity index (χ1v) is 27.5. The molecular formula is C54H83N3O14S. The van der Waals surface area contributed by atoms with Crippen molar-refractivity contribution in [3.63, 3.8) is 0 Å². The number of sulfonamides is 1. The number of Topliss-reactive ketones (excluding diaryl/α,β-unsaturated/α-hetero) is 2. The summed E-state index contributed by atoms with van der Waals surface area (Å²) in [5.41, 5.74) is 1.30. The number of carbonyl (C=O) groups is 4. The second-order valence-corrected chi connectivity index (χ2v) is 23.1. The van der Waals surface area contributed by atoms with Crippen molar-refractivity contribution >= 4 is 33.5 Å². The minimum Gasteiger partial charge on any atom is -0.461 e. The van der Waals surface area contributed by atoms with Crippen LogP contribution < -0.4 is 4.72 Å². The van der Waals surface area contributed by atoms with Gasteiger partial charge in [-0.05, 0) is 133 Å². The lowest BCUT2D eigenvalue weighted by Gasteiger charge is -2.43. The summed E-state index contributed by atoms with van der Waals surface area (Å²) >= 11 is 0. The number of ketones is 2. The molecule has 2 bridgehead atoms. The number of aliphatic hydroxyl groups excluding tert-OH is 2. The van der Waals surface area contributed by atoms with Crippen molar-refractivity contribution in [1.82, 2.24) is 14.8 Å². The summed E-state index contributed by atoms with van der Waals surface area (Å²) in [5, 5.41) is 38.0. The highest BCUT2D eigenvalue weighted by molar-refractivity contribution is 7.89. The molecule has 0 unspecified atom stereocenters. The normalized spacial score (nSPS) is 37.8. The molecule has 0 radical (unpaired) electrons. The first kappa shape index (κ1) is 59.0. The van der Waals surface area contributed by atoms with Gasteiger partial charge in [-0.2, -0.15) is 0 Å². The van der Waals surface area contributed by atoms with Crippen molar-refractivity contribution in [3.8, 4) is 0 Å². The summed E-state index contributed by atoms with van der Waals surface area (Å²) in [4.78, 5) is 58.2. The molecule has 1 aromatic rings. The molecule has 4 aliphatic rings. The van der Waals surface area contributed by atoms with E-state index in [4.69, 9.17) is 23.5 Å². The Morgan fingerprint density at radius 2 is 1.61 bits per heavy atom. The van der Waals surface area contributed by atoms with E-state index >= 15 is 0 Å². The lowest BCUT2D eigenvalue weighted by atomic mass is 9.78. The average molecular weight is 1030 g/mol. The number of hydrogen-bond acceptors (Lipinski definition) is 15. The number of aliphatic hydroxyl groups is 3. The third kappa shape index (κ3) is 15.1. The zero-order valence-corrected chi connectivity index (χ0v) is 45.0. The van der Waals surface area contributed by atoms with E-state index in [0.29, 0.717) is 68.9 Å². The molecule has 2 saturated heterocycles. The Bertz CT molecular complexity index is 2240. The van der Waals surface area contributed by atoms with Crippen molar-refractivity contribution in [2.45, 2.75) is 198 Å². The molecule has 1 aromatic heterocycles. The molecule has 1 amide bonds. The Kier molecular flexibility index (Phi) is 21.8.